The molecule has 2 N–H and O–H groups in total. The van der Waals surface area contributed by atoms with Crippen molar-refractivity contribution in [3.63, 3.8) is 0 Å². The minimum Gasteiger partial charge on any atom is -0.497 e. The monoisotopic (exact) mass is 325 g/mol. The fourth-order valence-corrected chi connectivity index (χ4v) is 3.28. The highest BCUT2D eigenvalue weighted by molar-refractivity contribution is 5.82. The number of rotatable bonds is 6. The van der Waals surface area contributed by atoms with Gasteiger partial charge in [-0.2, -0.15) is 0 Å². The number of hydrogen-bond donors (Lipinski definition) is 2. The zero-order chi connectivity index (χ0) is 17.0. The summed E-state index contributed by atoms with van der Waals surface area (Å²) in [6.45, 7) is 0.552. The van der Waals surface area contributed by atoms with Crippen LogP contribution in [0.25, 0.3) is 0 Å². The number of benzene rings is 2. The van der Waals surface area contributed by atoms with Crippen molar-refractivity contribution in [1.29, 1.82) is 0 Å². The molecule has 1 amide bonds. The number of nitrogens with one attached hydrogen (secondary N) is 1. The van der Waals surface area contributed by atoms with Gasteiger partial charge in [-0.1, -0.05) is 48.9 Å². The molecular formula is C20H23NO3. The zero-order valence-electron chi connectivity index (χ0n) is 13.9. The van der Waals surface area contributed by atoms with Crippen molar-refractivity contribution in [2.75, 3.05) is 13.7 Å². The maximum absolute atomic E-state index is 12.4. The van der Waals surface area contributed by atoms with Crippen LogP contribution in [-0.2, 0) is 10.2 Å². The molecular weight excluding hydrogens is 302 g/mol. The maximum atomic E-state index is 12.4. The Kier molecular flexibility index (Phi) is 4.86. The number of aliphatic hydroxyl groups is 1. The molecule has 0 aromatic heterocycles. The van der Waals surface area contributed by atoms with Gasteiger partial charge in [-0.3, -0.25) is 4.79 Å². The molecule has 0 aliphatic heterocycles. The molecule has 4 heteroatoms. The van der Waals surface area contributed by atoms with Crippen LogP contribution in [0.2, 0.25) is 0 Å². The van der Waals surface area contributed by atoms with Gasteiger partial charge in [0.2, 0.25) is 0 Å². The molecule has 126 valence electrons. The van der Waals surface area contributed by atoms with E-state index in [1.807, 2.05) is 18.2 Å². The minimum atomic E-state index is -1.19. The Morgan fingerprint density at radius 1 is 1.21 bits per heavy atom. The van der Waals surface area contributed by atoms with Crippen molar-refractivity contribution in [3.05, 3.63) is 65.7 Å². The third-order valence-electron chi connectivity index (χ3n) is 4.96. The first-order chi connectivity index (χ1) is 11.6. The standard InChI is InChI=1S/C20H23NO3/c1-24-17-10-5-7-15(13-17)18(22)19(23)21-14-20(11-6-12-20)16-8-3-2-4-9-16/h2-5,7-10,13,18,22H,6,11-12,14H2,1H3,(H,21,23). The van der Waals surface area contributed by atoms with Crippen LogP contribution in [0.3, 0.4) is 0 Å². The predicted molar refractivity (Wildman–Crippen MR) is 92.9 cm³/mol. The molecule has 2 aromatic carbocycles. The van der Waals surface area contributed by atoms with Gasteiger partial charge in [0.15, 0.2) is 6.10 Å². The lowest BCUT2D eigenvalue weighted by atomic mass is 9.64. The van der Waals surface area contributed by atoms with Crippen LogP contribution in [0.4, 0.5) is 0 Å². The molecule has 24 heavy (non-hydrogen) atoms. The van der Waals surface area contributed by atoms with Gasteiger partial charge in [0, 0.05) is 12.0 Å². The summed E-state index contributed by atoms with van der Waals surface area (Å²) in [5, 5.41) is 13.2. The molecule has 1 aliphatic rings. The molecule has 1 atom stereocenters. The summed E-state index contributed by atoms with van der Waals surface area (Å²) in [5.74, 6) is 0.254. The highest BCUT2D eigenvalue weighted by Gasteiger charge is 2.39. The van der Waals surface area contributed by atoms with Crippen LogP contribution in [0.5, 0.6) is 5.75 Å². The Morgan fingerprint density at radius 3 is 2.58 bits per heavy atom. The lowest BCUT2D eigenvalue weighted by Gasteiger charge is -2.42. The van der Waals surface area contributed by atoms with Crippen molar-refractivity contribution < 1.29 is 14.6 Å². The Morgan fingerprint density at radius 2 is 1.96 bits per heavy atom. The number of aliphatic hydroxyl groups excluding tert-OH is 1. The topological polar surface area (TPSA) is 58.6 Å². The van der Waals surface area contributed by atoms with E-state index < -0.39 is 6.10 Å². The van der Waals surface area contributed by atoms with E-state index in [1.165, 1.54) is 12.0 Å². The summed E-state index contributed by atoms with van der Waals surface area (Å²) >= 11 is 0. The molecule has 0 bridgehead atoms. The molecule has 0 radical (unpaired) electrons. The average Bonchev–Trinajstić information content (AvgIpc) is 2.61. The highest BCUT2D eigenvalue weighted by atomic mass is 16.5. The summed E-state index contributed by atoms with van der Waals surface area (Å²) in [5.41, 5.74) is 1.80. The first-order valence-electron chi connectivity index (χ1n) is 8.30. The van der Waals surface area contributed by atoms with Crippen LogP contribution in [0, 0.1) is 0 Å². The van der Waals surface area contributed by atoms with Crippen molar-refractivity contribution in [3.8, 4) is 5.75 Å². The fraction of sp³-hybridized carbons (Fsp3) is 0.350. The normalized spacial score (nSPS) is 16.8. The zero-order valence-corrected chi connectivity index (χ0v) is 13.9. The lowest BCUT2D eigenvalue weighted by molar-refractivity contribution is -0.130. The van der Waals surface area contributed by atoms with Gasteiger partial charge >= 0.3 is 0 Å². The van der Waals surface area contributed by atoms with Crippen LogP contribution >= 0.6 is 0 Å². The smallest absolute Gasteiger partial charge is 0.253 e. The molecule has 0 heterocycles. The van der Waals surface area contributed by atoms with E-state index in [1.54, 1.807) is 31.4 Å². The number of amides is 1. The molecule has 4 nitrogen and oxygen atoms in total. The van der Waals surface area contributed by atoms with E-state index in [0.717, 1.165) is 12.8 Å². The third-order valence-corrected chi connectivity index (χ3v) is 4.96. The number of carbonyl (C=O) groups excluding carboxylic acids is 1. The highest BCUT2D eigenvalue weighted by Crippen LogP contribution is 2.43. The molecule has 0 saturated heterocycles. The van der Waals surface area contributed by atoms with Crippen molar-refractivity contribution in [1.82, 2.24) is 5.32 Å². The number of hydrogen-bond acceptors (Lipinski definition) is 3. The molecule has 1 fully saturated rings. The molecule has 0 spiro atoms. The van der Waals surface area contributed by atoms with Gasteiger partial charge in [0.1, 0.15) is 5.75 Å². The largest absolute Gasteiger partial charge is 0.497 e. The van der Waals surface area contributed by atoms with E-state index in [2.05, 4.69) is 17.4 Å². The Labute approximate surface area is 142 Å². The second-order valence-corrected chi connectivity index (χ2v) is 6.40. The number of methoxy groups -OCH3 is 1. The quantitative estimate of drug-likeness (QED) is 0.858. The average molecular weight is 325 g/mol. The molecule has 1 aliphatic carbocycles. The summed E-state index contributed by atoms with van der Waals surface area (Å²) < 4.78 is 5.14. The van der Waals surface area contributed by atoms with E-state index in [0.29, 0.717) is 17.9 Å². The lowest BCUT2D eigenvalue weighted by Crippen LogP contribution is -2.46. The van der Waals surface area contributed by atoms with Gasteiger partial charge in [-0.05, 0) is 36.1 Å². The Balaban J connectivity index is 1.66. The van der Waals surface area contributed by atoms with Crippen LogP contribution in [0.15, 0.2) is 54.6 Å². The van der Waals surface area contributed by atoms with Crippen molar-refractivity contribution in [2.24, 2.45) is 0 Å². The van der Waals surface area contributed by atoms with Gasteiger partial charge in [-0.15, -0.1) is 0 Å². The van der Waals surface area contributed by atoms with Gasteiger partial charge < -0.3 is 15.2 Å². The van der Waals surface area contributed by atoms with Gasteiger partial charge in [0.25, 0.3) is 5.91 Å². The Hall–Kier alpha value is -2.33. The van der Waals surface area contributed by atoms with E-state index in [4.69, 9.17) is 4.74 Å². The molecule has 3 rings (SSSR count). The second-order valence-electron chi connectivity index (χ2n) is 6.40. The summed E-state index contributed by atoms with van der Waals surface area (Å²) in [6, 6.07) is 17.2. The molecule has 1 saturated carbocycles. The van der Waals surface area contributed by atoms with E-state index >= 15 is 0 Å². The molecule has 1 unspecified atom stereocenters. The van der Waals surface area contributed by atoms with E-state index in [-0.39, 0.29) is 11.3 Å². The fourth-order valence-electron chi connectivity index (χ4n) is 3.28. The Bertz CT molecular complexity index is 695. The number of ether oxygens (including phenoxy) is 1. The summed E-state index contributed by atoms with van der Waals surface area (Å²) in [6.07, 6.45) is 2.11. The first kappa shape index (κ1) is 16.5. The van der Waals surface area contributed by atoms with Crippen molar-refractivity contribution in [2.45, 2.75) is 30.8 Å². The van der Waals surface area contributed by atoms with Gasteiger partial charge in [-0.25, -0.2) is 0 Å². The van der Waals surface area contributed by atoms with E-state index in [9.17, 15) is 9.90 Å². The molecule has 2 aromatic rings. The van der Waals surface area contributed by atoms with Crippen LogP contribution < -0.4 is 10.1 Å². The summed E-state index contributed by atoms with van der Waals surface area (Å²) in [7, 11) is 1.56. The predicted octanol–water partition coefficient (Wildman–Crippen LogP) is 2.97. The second kappa shape index (κ2) is 7.05. The summed E-state index contributed by atoms with van der Waals surface area (Å²) in [4.78, 5) is 12.4. The first-order valence-corrected chi connectivity index (χ1v) is 8.30. The number of carbonyl (C=O) groups is 1. The third kappa shape index (κ3) is 3.29. The van der Waals surface area contributed by atoms with Crippen molar-refractivity contribution >= 4 is 5.91 Å². The SMILES string of the molecule is COc1cccc(C(O)C(=O)NCC2(c3ccccc3)CCC2)c1. The van der Waals surface area contributed by atoms with Crippen LogP contribution in [-0.4, -0.2) is 24.7 Å². The van der Waals surface area contributed by atoms with Gasteiger partial charge in [0.05, 0.1) is 7.11 Å². The van der Waals surface area contributed by atoms with Crippen LogP contribution in [0.1, 0.15) is 36.5 Å². The minimum absolute atomic E-state index is 0.00498. The maximum Gasteiger partial charge on any atom is 0.253 e.